The molecule has 0 spiro atoms. The Morgan fingerprint density at radius 3 is 2.54 bits per heavy atom. The van der Waals surface area contributed by atoms with E-state index in [0.717, 1.165) is 12.3 Å². The Labute approximate surface area is 207 Å². The van der Waals surface area contributed by atoms with Crippen LogP contribution in [0.15, 0.2) is 67.0 Å². The summed E-state index contributed by atoms with van der Waals surface area (Å²) in [5.41, 5.74) is 9.41. The average molecular weight is 510 g/mol. The number of hydrogen-bond donors (Lipinski definition) is 3. The molecule has 0 atom stereocenters. The fraction of sp³-hybridized carbons (Fsp3) is 0.0800. The first-order valence-electron chi connectivity index (χ1n) is 10.6. The van der Waals surface area contributed by atoms with E-state index in [4.69, 9.17) is 16.2 Å². The van der Waals surface area contributed by atoms with Crippen molar-refractivity contribution in [2.45, 2.75) is 6.18 Å². The summed E-state index contributed by atoms with van der Waals surface area (Å²) < 4.78 is 62.5. The molecule has 2 aromatic carbocycles. The van der Waals surface area contributed by atoms with Gasteiger partial charge >= 0.3 is 6.18 Å². The highest BCUT2D eigenvalue weighted by atomic mass is 19.4. The van der Waals surface area contributed by atoms with Crippen LogP contribution in [0.2, 0.25) is 0 Å². The number of pyridine rings is 1. The van der Waals surface area contributed by atoms with E-state index in [-0.39, 0.29) is 40.8 Å². The van der Waals surface area contributed by atoms with E-state index in [1.807, 2.05) is 0 Å². The largest absolute Gasteiger partial charge is 0.453 e. The van der Waals surface area contributed by atoms with Crippen LogP contribution in [-0.4, -0.2) is 27.2 Å². The van der Waals surface area contributed by atoms with Crippen LogP contribution in [0, 0.1) is 17.7 Å². The zero-order chi connectivity index (χ0) is 26.6. The van der Waals surface area contributed by atoms with Gasteiger partial charge in [0.25, 0.3) is 5.91 Å². The van der Waals surface area contributed by atoms with Gasteiger partial charge in [-0.15, -0.1) is 0 Å². The van der Waals surface area contributed by atoms with Crippen molar-refractivity contribution < 1.29 is 27.1 Å². The summed E-state index contributed by atoms with van der Waals surface area (Å²) in [7, 11) is 0. The van der Waals surface area contributed by atoms with Crippen molar-refractivity contribution in [1.82, 2.24) is 14.8 Å². The molecule has 4 rings (SSSR count). The van der Waals surface area contributed by atoms with Gasteiger partial charge < -0.3 is 21.5 Å². The fourth-order valence-corrected chi connectivity index (χ4v) is 3.34. The topological polar surface area (TPSA) is 121 Å². The third kappa shape index (κ3) is 5.52. The number of nitrogens with one attached hydrogen (secondary N) is 1. The number of aromatic nitrogens is 3. The highest BCUT2D eigenvalue weighted by molar-refractivity contribution is 6.05. The molecule has 0 fully saturated rings. The number of alkyl halides is 3. The maximum atomic E-state index is 14.8. The molecule has 0 aliphatic rings. The number of nitrogens with two attached hydrogens (primary N) is 2. The van der Waals surface area contributed by atoms with Crippen LogP contribution in [-0.2, 0) is 6.18 Å². The van der Waals surface area contributed by atoms with E-state index in [2.05, 4.69) is 27.2 Å². The minimum Gasteiger partial charge on any atom is -0.453 e. The molecule has 12 heteroatoms. The van der Waals surface area contributed by atoms with Crippen molar-refractivity contribution in [3.05, 3.63) is 89.6 Å². The number of halogens is 4. The average Bonchev–Trinajstić information content (AvgIpc) is 3.32. The second-order valence-electron chi connectivity index (χ2n) is 7.43. The van der Waals surface area contributed by atoms with Crippen LogP contribution in [0.1, 0.15) is 21.6 Å². The molecule has 37 heavy (non-hydrogen) atoms. The SMILES string of the molecule is NCC#Cc1c(Oc2ccc(NC(=O)c3cnn(-c4ccccc4)c3C(F)(F)F)cc2F)ccnc1N. The standard InChI is InChI=1S/C25H18F4N6O2/c26-19-13-15(8-9-21(19)37-20-10-12-32-23(31)17(20)7-4-11-30)34-24(36)18-14-33-35(22(18)25(27,28)29)16-5-2-1-3-6-16/h1-3,5-6,8-10,12-14H,11,30H2,(H2,31,32)(H,34,36). The van der Waals surface area contributed by atoms with Gasteiger partial charge in [0.1, 0.15) is 17.1 Å². The summed E-state index contributed by atoms with van der Waals surface area (Å²) in [5, 5.41) is 6.00. The number of carbonyl (C=O) groups excluding carboxylic acids is 1. The van der Waals surface area contributed by atoms with Gasteiger partial charge in [-0.2, -0.15) is 18.3 Å². The molecule has 5 N–H and O–H groups in total. The Hall–Kier alpha value is -4.89. The Morgan fingerprint density at radius 1 is 1.11 bits per heavy atom. The lowest BCUT2D eigenvalue weighted by Crippen LogP contribution is -2.20. The third-order valence-electron chi connectivity index (χ3n) is 4.95. The number of para-hydroxylation sites is 1. The van der Waals surface area contributed by atoms with E-state index < -0.39 is 29.2 Å². The maximum absolute atomic E-state index is 14.8. The maximum Gasteiger partial charge on any atom is 0.434 e. The van der Waals surface area contributed by atoms with Crippen LogP contribution < -0.4 is 21.5 Å². The molecule has 0 saturated carbocycles. The molecule has 0 radical (unpaired) electrons. The van der Waals surface area contributed by atoms with E-state index >= 15 is 0 Å². The van der Waals surface area contributed by atoms with Crippen molar-refractivity contribution >= 4 is 17.4 Å². The van der Waals surface area contributed by atoms with Gasteiger partial charge in [0.05, 0.1) is 24.0 Å². The molecular formula is C25H18F4N6O2. The lowest BCUT2D eigenvalue weighted by molar-refractivity contribution is -0.143. The lowest BCUT2D eigenvalue weighted by atomic mass is 10.2. The Kier molecular flexibility index (Phi) is 7.08. The summed E-state index contributed by atoms with van der Waals surface area (Å²) in [5.74, 6) is 3.22. The summed E-state index contributed by atoms with van der Waals surface area (Å²) in [6.07, 6.45) is -2.74. The van der Waals surface area contributed by atoms with Crippen LogP contribution >= 0.6 is 0 Å². The number of ether oxygens (including phenoxy) is 1. The second-order valence-corrected chi connectivity index (χ2v) is 7.43. The van der Waals surface area contributed by atoms with Gasteiger partial charge in [0.15, 0.2) is 17.3 Å². The minimum atomic E-state index is -4.89. The van der Waals surface area contributed by atoms with Crippen molar-refractivity contribution in [2.24, 2.45) is 5.73 Å². The molecule has 2 aromatic heterocycles. The number of nitrogen functional groups attached to an aromatic ring is 1. The van der Waals surface area contributed by atoms with Gasteiger partial charge in [0, 0.05) is 24.0 Å². The van der Waals surface area contributed by atoms with Crippen LogP contribution in [0.25, 0.3) is 5.69 Å². The van der Waals surface area contributed by atoms with Gasteiger partial charge in [-0.05, 0) is 24.3 Å². The van der Waals surface area contributed by atoms with Crippen molar-refractivity contribution in [3.63, 3.8) is 0 Å². The number of nitrogens with zero attached hydrogens (tertiary/aromatic N) is 3. The molecule has 2 heterocycles. The van der Waals surface area contributed by atoms with Crippen LogP contribution in [0.5, 0.6) is 11.5 Å². The van der Waals surface area contributed by atoms with Crippen molar-refractivity contribution in [3.8, 4) is 29.0 Å². The lowest BCUT2D eigenvalue weighted by Gasteiger charge is -2.13. The van der Waals surface area contributed by atoms with E-state index in [0.29, 0.717) is 4.68 Å². The van der Waals surface area contributed by atoms with E-state index in [9.17, 15) is 22.4 Å². The second kappa shape index (κ2) is 10.4. The van der Waals surface area contributed by atoms with Crippen LogP contribution in [0.4, 0.5) is 29.1 Å². The predicted octanol–water partition coefficient (Wildman–Crippen LogP) is 4.36. The van der Waals surface area contributed by atoms with Gasteiger partial charge in [0.2, 0.25) is 0 Å². The fourth-order valence-electron chi connectivity index (χ4n) is 3.34. The molecule has 0 aliphatic carbocycles. The Bertz CT molecular complexity index is 1510. The van der Waals surface area contributed by atoms with Gasteiger partial charge in [-0.25, -0.2) is 14.1 Å². The van der Waals surface area contributed by atoms with E-state index in [1.165, 1.54) is 48.7 Å². The zero-order valence-electron chi connectivity index (χ0n) is 18.9. The molecule has 0 aliphatic heterocycles. The Balaban J connectivity index is 1.59. The summed E-state index contributed by atoms with van der Waals surface area (Å²) >= 11 is 0. The number of carbonyl (C=O) groups is 1. The summed E-state index contributed by atoms with van der Waals surface area (Å²) in [6.45, 7) is 0.0524. The quantitative estimate of drug-likeness (QED) is 0.271. The molecule has 188 valence electrons. The van der Waals surface area contributed by atoms with Crippen molar-refractivity contribution in [2.75, 3.05) is 17.6 Å². The molecule has 4 aromatic rings. The number of anilines is 2. The highest BCUT2D eigenvalue weighted by Crippen LogP contribution is 2.35. The molecule has 0 saturated heterocycles. The van der Waals surface area contributed by atoms with Gasteiger partial charge in [-0.3, -0.25) is 4.79 Å². The highest BCUT2D eigenvalue weighted by Gasteiger charge is 2.40. The van der Waals surface area contributed by atoms with E-state index in [1.54, 1.807) is 6.07 Å². The number of rotatable bonds is 5. The zero-order valence-corrected chi connectivity index (χ0v) is 18.9. The normalized spacial score (nSPS) is 10.9. The predicted molar refractivity (Wildman–Crippen MR) is 128 cm³/mol. The molecule has 8 nitrogen and oxygen atoms in total. The first-order valence-corrected chi connectivity index (χ1v) is 10.6. The first kappa shape index (κ1) is 25.2. The smallest absolute Gasteiger partial charge is 0.434 e. The van der Waals surface area contributed by atoms with Crippen LogP contribution in [0.3, 0.4) is 0 Å². The molecule has 1 amide bonds. The number of benzene rings is 2. The number of hydrogen-bond acceptors (Lipinski definition) is 6. The van der Waals surface area contributed by atoms with Gasteiger partial charge in [-0.1, -0.05) is 30.0 Å². The molecular weight excluding hydrogens is 492 g/mol. The monoisotopic (exact) mass is 510 g/mol. The first-order chi connectivity index (χ1) is 17.7. The Morgan fingerprint density at radius 2 is 1.86 bits per heavy atom. The number of amides is 1. The minimum absolute atomic E-state index is 0.0524. The molecule has 0 unspecified atom stereocenters. The van der Waals surface area contributed by atoms with Crippen molar-refractivity contribution in [1.29, 1.82) is 0 Å². The third-order valence-corrected chi connectivity index (χ3v) is 4.95. The molecule has 0 bridgehead atoms. The summed E-state index contributed by atoms with van der Waals surface area (Å²) in [4.78, 5) is 16.6. The summed E-state index contributed by atoms with van der Waals surface area (Å²) in [6, 6.07) is 12.3.